The number of ether oxygens (including phenoxy) is 1. The number of hydrogen-bond acceptors (Lipinski definition) is 4. The molecule has 2 aromatic carbocycles. The number of nitrogens with one attached hydrogen (secondary N) is 2. The van der Waals surface area contributed by atoms with Crippen molar-refractivity contribution in [2.75, 3.05) is 6.61 Å². The summed E-state index contributed by atoms with van der Waals surface area (Å²) in [6.45, 7) is 3.68. The molecule has 0 saturated heterocycles. The van der Waals surface area contributed by atoms with Gasteiger partial charge in [0.25, 0.3) is 0 Å². The summed E-state index contributed by atoms with van der Waals surface area (Å²) < 4.78 is 5.64. The molecule has 0 unspecified atom stereocenters. The molecule has 0 radical (unpaired) electrons. The number of carbonyl (C=O) groups excluding carboxylic acids is 2. The van der Waals surface area contributed by atoms with Gasteiger partial charge < -0.3 is 20.5 Å². The van der Waals surface area contributed by atoms with Crippen LogP contribution >= 0.6 is 0 Å². The second kappa shape index (κ2) is 9.87. The lowest BCUT2D eigenvalue weighted by molar-refractivity contribution is -0.138. The molecular weight excluding hydrogens is 432 g/mol. The van der Waals surface area contributed by atoms with E-state index in [1.807, 2.05) is 24.3 Å². The van der Waals surface area contributed by atoms with Gasteiger partial charge in [-0.05, 0) is 61.3 Å². The number of carboxylic acid groups (broad SMARTS) is 1. The van der Waals surface area contributed by atoms with Gasteiger partial charge in [-0.15, -0.1) is 0 Å². The Hall–Kier alpha value is -3.35. The topological polar surface area (TPSA) is 105 Å². The Balaban J connectivity index is 1.25. The largest absolute Gasteiger partial charge is 0.481 e. The van der Waals surface area contributed by atoms with Crippen LogP contribution in [-0.2, 0) is 14.3 Å². The highest BCUT2D eigenvalue weighted by atomic mass is 16.5. The molecule has 0 aromatic heterocycles. The lowest BCUT2D eigenvalue weighted by Gasteiger charge is -2.25. The third-order valence-corrected chi connectivity index (χ3v) is 6.75. The lowest BCUT2D eigenvalue weighted by atomic mass is 9.98. The van der Waals surface area contributed by atoms with Gasteiger partial charge in [-0.3, -0.25) is 9.59 Å². The van der Waals surface area contributed by atoms with E-state index in [0.717, 1.165) is 12.8 Å². The van der Waals surface area contributed by atoms with Gasteiger partial charge in [-0.25, -0.2) is 4.79 Å². The third kappa shape index (κ3) is 5.58. The number of hydrogen-bond donors (Lipinski definition) is 3. The highest BCUT2D eigenvalue weighted by Crippen LogP contribution is 2.44. The number of carboxylic acids is 1. The van der Waals surface area contributed by atoms with Gasteiger partial charge in [0, 0.05) is 23.9 Å². The van der Waals surface area contributed by atoms with Gasteiger partial charge in [-0.2, -0.15) is 0 Å². The van der Waals surface area contributed by atoms with Crippen molar-refractivity contribution in [1.29, 1.82) is 0 Å². The third-order valence-electron chi connectivity index (χ3n) is 6.75. The van der Waals surface area contributed by atoms with Crippen molar-refractivity contribution in [3.8, 4) is 11.1 Å². The lowest BCUT2D eigenvalue weighted by Crippen LogP contribution is -2.45. The standard InChI is InChI=1S/C27H32N2O5/c1-27(2,15-25(31)32)29-24(30)14-17-11-12-18(13-17)28-26(33)34-16-23-21-9-5-3-7-19(21)20-8-4-6-10-22(20)23/h3-10,17-18,23H,11-16H2,1-2H3,(H,28,33)(H,29,30)(H,31,32)/t17-,18+/m1/s1. The van der Waals surface area contributed by atoms with Gasteiger partial charge in [-0.1, -0.05) is 48.5 Å². The molecular formula is C27H32N2O5. The predicted octanol–water partition coefficient (Wildman–Crippen LogP) is 4.45. The summed E-state index contributed by atoms with van der Waals surface area (Å²) >= 11 is 0. The van der Waals surface area contributed by atoms with E-state index in [-0.39, 0.29) is 36.8 Å². The first-order valence-electron chi connectivity index (χ1n) is 11.9. The molecule has 1 saturated carbocycles. The van der Waals surface area contributed by atoms with Crippen molar-refractivity contribution in [1.82, 2.24) is 10.6 Å². The molecule has 0 heterocycles. The monoisotopic (exact) mass is 464 g/mol. The Kier molecular flexibility index (Phi) is 6.91. The van der Waals surface area contributed by atoms with Crippen LogP contribution in [0.2, 0.25) is 0 Å². The first-order chi connectivity index (χ1) is 16.2. The molecule has 180 valence electrons. The predicted molar refractivity (Wildman–Crippen MR) is 128 cm³/mol. The van der Waals surface area contributed by atoms with Crippen LogP contribution in [0.5, 0.6) is 0 Å². The van der Waals surface area contributed by atoms with Gasteiger partial charge in [0.1, 0.15) is 6.61 Å². The number of rotatable bonds is 8. The fourth-order valence-electron chi connectivity index (χ4n) is 5.31. The Morgan fingerprint density at radius 3 is 2.24 bits per heavy atom. The van der Waals surface area contributed by atoms with E-state index >= 15 is 0 Å². The van der Waals surface area contributed by atoms with Crippen LogP contribution < -0.4 is 10.6 Å². The molecule has 2 atom stereocenters. The summed E-state index contributed by atoms with van der Waals surface area (Å²) in [5.41, 5.74) is 3.94. The molecule has 4 rings (SSSR count). The maximum absolute atomic E-state index is 12.5. The molecule has 2 aliphatic carbocycles. The molecule has 0 bridgehead atoms. The van der Waals surface area contributed by atoms with Crippen molar-refractivity contribution in [2.45, 2.75) is 63.5 Å². The van der Waals surface area contributed by atoms with E-state index in [2.05, 4.69) is 34.9 Å². The fraction of sp³-hybridized carbons (Fsp3) is 0.444. The normalized spacial score (nSPS) is 19.2. The molecule has 2 amide bonds. The minimum Gasteiger partial charge on any atom is -0.481 e. The van der Waals surface area contributed by atoms with E-state index in [9.17, 15) is 14.4 Å². The second-order valence-electron chi connectivity index (χ2n) is 10.1. The van der Waals surface area contributed by atoms with Crippen LogP contribution in [0.3, 0.4) is 0 Å². The Labute approximate surface area is 199 Å². The molecule has 1 fully saturated rings. The van der Waals surface area contributed by atoms with Crippen LogP contribution in [0.25, 0.3) is 11.1 Å². The zero-order valence-electron chi connectivity index (χ0n) is 19.7. The molecule has 3 N–H and O–H groups in total. The number of amides is 2. The number of aliphatic carboxylic acids is 1. The average Bonchev–Trinajstić information content (AvgIpc) is 3.32. The van der Waals surface area contributed by atoms with Crippen molar-refractivity contribution in [3.63, 3.8) is 0 Å². The maximum Gasteiger partial charge on any atom is 0.407 e. The summed E-state index contributed by atoms with van der Waals surface area (Å²) in [7, 11) is 0. The molecule has 0 aliphatic heterocycles. The first kappa shape index (κ1) is 23.8. The van der Waals surface area contributed by atoms with Crippen LogP contribution in [0, 0.1) is 5.92 Å². The van der Waals surface area contributed by atoms with Gasteiger partial charge >= 0.3 is 12.1 Å². The van der Waals surface area contributed by atoms with E-state index in [1.165, 1.54) is 22.3 Å². The van der Waals surface area contributed by atoms with Crippen molar-refractivity contribution in [2.24, 2.45) is 5.92 Å². The summed E-state index contributed by atoms with van der Waals surface area (Å²) in [5.74, 6) is -0.927. The zero-order chi connectivity index (χ0) is 24.3. The summed E-state index contributed by atoms with van der Waals surface area (Å²) in [5, 5.41) is 14.7. The number of carbonyl (C=O) groups is 3. The zero-order valence-corrected chi connectivity index (χ0v) is 19.7. The Morgan fingerprint density at radius 1 is 1.00 bits per heavy atom. The van der Waals surface area contributed by atoms with E-state index in [1.54, 1.807) is 13.8 Å². The molecule has 7 nitrogen and oxygen atoms in total. The van der Waals surface area contributed by atoms with Crippen molar-refractivity contribution in [3.05, 3.63) is 59.7 Å². The van der Waals surface area contributed by atoms with Gasteiger partial charge in [0.15, 0.2) is 0 Å². The smallest absolute Gasteiger partial charge is 0.407 e. The molecule has 7 heteroatoms. The average molecular weight is 465 g/mol. The summed E-state index contributed by atoms with van der Waals surface area (Å²) in [6, 6.07) is 16.4. The fourth-order valence-corrected chi connectivity index (χ4v) is 5.31. The van der Waals surface area contributed by atoms with Gasteiger partial charge in [0.2, 0.25) is 5.91 Å². The van der Waals surface area contributed by atoms with Crippen molar-refractivity contribution >= 4 is 18.0 Å². The van der Waals surface area contributed by atoms with Crippen LogP contribution in [-0.4, -0.2) is 41.3 Å². The molecule has 2 aromatic rings. The van der Waals surface area contributed by atoms with Gasteiger partial charge in [0.05, 0.1) is 6.42 Å². The molecule has 34 heavy (non-hydrogen) atoms. The Bertz CT molecular complexity index is 1030. The second-order valence-corrected chi connectivity index (χ2v) is 10.1. The minimum absolute atomic E-state index is 0.0207. The quantitative estimate of drug-likeness (QED) is 0.535. The van der Waals surface area contributed by atoms with Crippen LogP contribution in [0.1, 0.15) is 63.0 Å². The van der Waals surface area contributed by atoms with Crippen LogP contribution in [0.15, 0.2) is 48.5 Å². The molecule has 0 spiro atoms. The van der Waals surface area contributed by atoms with E-state index in [0.29, 0.717) is 12.8 Å². The SMILES string of the molecule is CC(C)(CC(=O)O)NC(=O)C[C@@H]1CC[C@H](NC(=O)OCC2c3ccccc3-c3ccccc32)C1. The molecule has 2 aliphatic rings. The number of alkyl carbamates (subject to hydrolysis) is 1. The number of fused-ring (bicyclic) bond motifs is 3. The van der Waals surface area contributed by atoms with E-state index in [4.69, 9.17) is 9.84 Å². The first-order valence-corrected chi connectivity index (χ1v) is 11.9. The summed E-state index contributed by atoms with van der Waals surface area (Å²) in [6.07, 6.45) is 2.10. The van der Waals surface area contributed by atoms with Crippen LogP contribution in [0.4, 0.5) is 4.79 Å². The highest BCUT2D eigenvalue weighted by molar-refractivity contribution is 5.79. The maximum atomic E-state index is 12.5. The summed E-state index contributed by atoms with van der Waals surface area (Å²) in [4.78, 5) is 35.8. The Morgan fingerprint density at radius 2 is 1.62 bits per heavy atom. The van der Waals surface area contributed by atoms with E-state index < -0.39 is 17.6 Å². The highest BCUT2D eigenvalue weighted by Gasteiger charge is 2.32. The minimum atomic E-state index is -0.946. The van der Waals surface area contributed by atoms with Crippen molar-refractivity contribution < 1.29 is 24.2 Å². The number of benzene rings is 2.